The van der Waals surface area contributed by atoms with Crippen molar-refractivity contribution in [2.24, 2.45) is 5.92 Å². The van der Waals surface area contributed by atoms with Crippen LogP contribution in [0.1, 0.15) is 43.7 Å². The van der Waals surface area contributed by atoms with E-state index in [0.717, 1.165) is 37.5 Å². The maximum absolute atomic E-state index is 13.2. The van der Waals surface area contributed by atoms with Gasteiger partial charge < -0.3 is 9.64 Å². The van der Waals surface area contributed by atoms with Crippen LogP contribution in [0.15, 0.2) is 18.2 Å². The molecule has 3 rings (SSSR count). The third kappa shape index (κ3) is 5.39. The van der Waals surface area contributed by atoms with Crippen molar-refractivity contribution in [2.45, 2.75) is 44.2 Å². The Bertz CT molecular complexity index is 811. The van der Waals surface area contributed by atoms with Crippen LogP contribution in [0.25, 0.3) is 0 Å². The largest absolute Gasteiger partial charge is 0.374 e. The van der Waals surface area contributed by atoms with E-state index in [4.69, 9.17) is 32.1 Å². The fourth-order valence-corrected chi connectivity index (χ4v) is 4.74. The van der Waals surface area contributed by atoms with Gasteiger partial charge in [0.25, 0.3) is 10.1 Å². The number of rotatable bonds is 6. The lowest BCUT2D eigenvalue weighted by molar-refractivity contribution is -0.152. The number of hydrogen-bond acceptors (Lipinski definition) is 5. The molecule has 2 fully saturated rings. The molecule has 0 spiro atoms. The minimum Gasteiger partial charge on any atom is -0.374 e. The second-order valence-corrected chi connectivity index (χ2v) is 9.81. The molecule has 0 aromatic heterocycles. The molecule has 1 amide bonds. The molecular formula is C19H25Cl2NO5S. The van der Waals surface area contributed by atoms with E-state index in [1.807, 2.05) is 11.0 Å². The monoisotopic (exact) mass is 449 g/mol. The molecule has 1 aliphatic heterocycles. The van der Waals surface area contributed by atoms with Gasteiger partial charge in [0.1, 0.15) is 0 Å². The molecule has 28 heavy (non-hydrogen) atoms. The van der Waals surface area contributed by atoms with Crippen molar-refractivity contribution < 1.29 is 22.1 Å². The molecule has 2 aliphatic rings. The second kappa shape index (κ2) is 9.30. The fourth-order valence-electron chi connectivity index (χ4n) is 4.04. The predicted molar refractivity (Wildman–Crippen MR) is 108 cm³/mol. The van der Waals surface area contributed by atoms with Crippen LogP contribution in [0.4, 0.5) is 0 Å². The van der Waals surface area contributed by atoms with Crippen LogP contribution in [-0.2, 0) is 23.8 Å². The van der Waals surface area contributed by atoms with Crippen molar-refractivity contribution in [3.05, 3.63) is 33.8 Å². The molecule has 1 aromatic rings. The Balaban J connectivity index is 1.86. The topological polar surface area (TPSA) is 72.9 Å². The van der Waals surface area contributed by atoms with Gasteiger partial charge in [-0.1, -0.05) is 42.1 Å². The molecule has 0 radical (unpaired) electrons. The molecule has 1 unspecified atom stereocenters. The zero-order chi connectivity index (χ0) is 20.3. The number of carbonyl (C=O) groups is 1. The lowest BCUT2D eigenvalue weighted by Gasteiger charge is -2.42. The van der Waals surface area contributed by atoms with Crippen LogP contribution < -0.4 is 0 Å². The molecule has 1 saturated carbocycles. The van der Waals surface area contributed by atoms with E-state index in [1.165, 1.54) is 0 Å². The van der Waals surface area contributed by atoms with Gasteiger partial charge in [-0.2, -0.15) is 8.42 Å². The molecule has 2 atom stereocenters. The summed E-state index contributed by atoms with van der Waals surface area (Å²) in [6, 6.07) is 4.94. The summed E-state index contributed by atoms with van der Waals surface area (Å²) in [4.78, 5) is 15.1. The van der Waals surface area contributed by atoms with E-state index in [1.54, 1.807) is 12.1 Å². The molecule has 1 heterocycles. The first-order valence-electron chi connectivity index (χ1n) is 9.47. The van der Waals surface area contributed by atoms with E-state index in [-0.39, 0.29) is 24.5 Å². The zero-order valence-corrected chi connectivity index (χ0v) is 18.1. The Hall–Kier alpha value is -0.860. The molecule has 156 valence electrons. The summed E-state index contributed by atoms with van der Waals surface area (Å²) < 4.78 is 33.4. The molecule has 0 N–H and O–H groups in total. The summed E-state index contributed by atoms with van der Waals surface area (Å²) in [6.45, 7) is 0.885. The highest BCUT2D eigenvalue weighted by atomic mass is 35.5. The van der Waals surface area contributed by atoms with Gasteiger partial charge in [-0.3, -0.25) is 8.98 Å². The van der Waals surface area contributed by atoms with Crippen molar-refractivity contribution in [3.8, 4) is 0 Å². The van der Waals surface area contributed by atoms with Gasteiger partial charge in [0.15, 0.2) is 0 Å². The van der Waals surface area contributed by atoms with E-state index < -0.39 is 16.2 Å². The molecule has 6 nitrogen and oxygen atoms in total. The average Bonchev–Trinajstić information content (AvgIpc) is 3.17. The molecule has 9 heteroatoms. The van der Waals surface area contributed by atoms with Crippen molar-refractivity contribution in [2.75, 3.05) is 26.0 Å². The van der Waals surface area contributed by atoms with Gasteiger partial charge in [-0.25, -0.2) is 0 Å². The smallest absolute Gasteiger partial charge is 0.264 e. The first kappa shape index (κ1) is 21.8. The SMILES string of the molecule is CS(=O)(=O)OCC[C@H]1OCCN(C(=O)C2CCCC2)C1c1ccc(Cl)c(Cl)c1. The number of ether oxygens (including phenoxy) is 1. The van der Waals surface area contributed by atoms with E-state index in [2.05, 4.69) is 0 Å². The van der Waals surface area contributed by atoms with Gasteiger partial charge in [0, 0.05) is 18.9 Å². The number of hydrogen-bond donors (Lipinski definition) is 0. The molecule has 0 bridgehead atoms. The fraction of sp³-hybridized carbons (Fsp3) is 0.632. The third-order valence-electron chi connectivity index (χ3n) is 5.32. The number of halogens is 2. The maximum Gasteiger partial charge on any atom is 0.264 e. The molecular weight excluding hydrogens is 425 g/mol. The van der Waals surface area contributed by atoms with E-state index >= 15 is 0 Å². The van der Waals surface area contributed by atoms with E-state index in [9.17, 15) is 13.2 Å². The van der Waals surface area contributed by atoms with Crippen LogP contribution in [0.3, 0.4) is 0 Å². The summed E-state index contributed by atoms with van der Waals surface area (Å²) in [6.07, 6.45) is 4.93. The second-order valence-electron chi connectivity index (χ2n) is 7.36. The Labute approximate surface area is 176 Å². The third-order valence-corrected chi connectivity index (χ3v) is 6.66. The Morgan fingerprint density at radius 3 is 2.61 bits per heavy atom. The Morgan fingerprint density at radius 1 is 1.25 bits per heavy atom. The van der Waals surface area contributed by atoms with Crippen LogP contribution in [0.5, 0.6) is 0 Å². The summed E-state index contributed by atoms with van der Waals surface area (Å²) in [5.41, 5.74) is 0.824. The van der Waals surface area contributed by atoms with Gasteiger partial charge in [0.2, 0.25) is 5.91 Å². The summed E-state index contributed by atoms with van der Waals surface area (Å²) in [7, 11) is -3.54. The van der Waals surface area contributed by atoms with Gasteiger partial charge in [-0.05, 0) is 30.5 Å². The van der Waals surface area contributed by atoms with Crippen LogP contribution >= 0.6 is 23.2 Å². The summed E-state index contributed by atoms with van der Waals surface area (Å²) in [5, 5.41) is 0.844. The first-order chi connectivity index (χ1) is 13.3. The number of carbonyl (C=O) groups excluding carboxylic acids is 1. The van der Waals surface area contributed by atoms with E-state index in [0.29, 0.717) is 29.6 Å². The van der Waals surface area contributed by atoms with Crippen LogP contribution in [0, 0.1) is 5.92 Å². The normalized spacial score (nSPS) is 23.9. The van der Waals surface area contributed by atoms with Crippen LogP contribution in [0.2, 0.25) is 10.0 Å². The first-order valence-corrected chi connectivity index (χ1v) is 12.0. The molecule has 1 aromatic carbocycles. The van der Waals surface area contributed by atoms with Gasteiger partial charge in [0.05, 0.1) is 41.7 Å². The highest BCUT2D eigenvalue weighted by Gasteiger charge is 2.39. The number of nitrogens with zero attached hydrogens (tertiary/aromatic N) is 1. The number of benzene rings is 1. The van der Waals surface area contributed by atoms with Gasteiger partial charge >= 0.3 is 0 Å². The zero-order valence-electron chi connectivity index (χ0n) is 15.8. The minimum absolute atomic E-state index is 0.00716. The minimum atomic E-state index is -3.54. The predicted octanol–water partition coefficient (Wildman–Crippen LogP) is 3.82. The maximum atomic E-state index is 13.2. The quantitative estimate of drug-likeness (QED) is 0.617. The van der Waals surface area contributed by atoms with Crippen molar-refractivity contribution in [1.29, 1.82) is 0 Å². The van der Waals surface area contributed by atoms with Crippen molar-refractivity contribution in [3.63, 3.8) is 0 Å². The van der Waals surface area contributed by atoms with Crippen molar-refractivity contribution >= 4 is 39.2 Å². The lowest BCUT2D eigenvalue weighted by atomic mass is 9.94. The number of morpholine rings is 1. The standard InChI is InChI=1S/C19H25Cl2NO5S/c1-28(24,25)27-10-8-17-18(14-6-7-15(20)16(21)12-14)22(9-11-26-17)19(23)13-4-2-3-5-13/h6-7,12-13,17-18H,2-5,8-11H2,1H3/t17-,18?/m1/s1. The Morgan fingerprint density at radius 2 is 1.96 bits per heavy atom. The summed E-state index contributed by atoms with van der Waals surface area (Å²) in [5.74, 6) is 0.169. The molecule has 1 aliphatic carbocycles. The highest BCUT2D eigenvalue weighted by molar-refractivity contribution is 7.85. The molecule has 1 saturated heterocycles. The Kier molecular flexibility index (Phi) is 7.26. The van der Waals surface area contributed by atoms with Crippen molar-refractivity contribution in [1.82, 2.24) is 4.90 Å². The highest BCUT2D eigenvalue weighted by Crippen LogP contribution is 2.37. The van der Waals surface area contributed by atoms with Gasteiger partial charge in [-0.15, -0.1) is 0 Å². The van der Waals surface area contributed by atoms with Crippen LogP contribution in [-0.4, -0.2) is 51.3 Å². The summed E-state index contributed by atoms with van der Waals surface area (Å²) >= 11 is 12.3. The number of amides is 1. The lowest BCUT2D eigenvalue weighted by Crippen LogP contribution is -2.50. The average molecular weight is 450 g/mol.